The fourth-order valence-corrected chi connectivity index (χ4v) is 2.52. The Morgan fingerprint density at radius 3 is 2.62 bits per heavy atom. The van der Waals surface area contributed by atoms with Crippen LogP contribution in [0.4, 0.5) is 0 Å². The first-order valence-corrected chi connectivity index (χ1v) is 6.66. The van der Waals surface area contributed by atoms with Crippen LogP contribution >= 0.6 is 15.9 Å². The van der Waals surface area contributed by atoms with Gasteiger partial charge in [-0.05, 0) is 49.4 Å². The predicted octanol–water partition coefficient (Wildman–Crippen LogP) is 2.70. The van der Waals surface area contributed by atoms with Crippen LogP contribution in [0.25, 0.3) is 0 Å². The molecule has 88 valence electrons. The summed E-state index contributed by atoms with van der Waals surface area (Å²) >= 11 is 3.43. The first-order chi connectivity index (χ1) is 7.74. The molecule has 1 aromatic rings. The number of aliphatic hydroxyl groups is 1. The highest BCUT2D eigenvalue weighted by atomic mass is 79.9. The van der Waals surface area contributed by atoms with E-state index in [9.17, 15) is 5.11 Å². The molecule has 0 spiro atoms. The van der Waals surface area contributed by atoms with E-state index in [1.54, 1.807) is 0 Å². The largest absolute Gasteiger partial charge is 0.393 e. The van der Waals surface area contributed by atoms with E-state index in [0.29, 0.717) is 5.92 Å². The van der Waals surface area contributed by atoms with E-state index < -0.39 is 0 Å². The lowest BCUT2D eigenvalue weighted by Gasteiger charge is -2.10. The molecule has 2 rings (SSSR count). The van der Waals surface area contributed by atoms with Crippen molar-refractivity contribution in [2.75, 3.05) is 6.54 Å². The molecule has 0 radical (unpaired) electrons. The summed E-state index contributed by atoms with van der Waals surface area (Å²) in [5, 5.41) is 12.9. The minimum Gasteiger partial charge on any atom is -0.393 e. The molecule has 2 atom stereocenters. The zero-order valence-corrected chi connectivity index (χ0v) is 10.9. The number of nitrogens with one attached hydrogen (secondary N) is 1. The Hall–Kier alpha value is -0.380. The third-order valence-corrected chi connectivity index (χ3v) is 3.72. The summed E-state index contributed by atoms with van der Waals surface area (Å²) < 4.78 is 1.12. The van der Waals surface area contributed by atoms with Gasteiger partial charge in [0.05, 0.1) is 6.10 Å². The van der Waals surface area contributed by atoms with Gasteiger partial charge in [-0.25, -0.2) is 0 Å². The van der Waals surface area contributed by atoms with Crippen LogP contribution in [0.15, 0.2) is 28.7 Å². The first-order valence-electron chi connectivity index (χ1n) is 5.87. The van der Waals surface area contributed by atoms with Crippen molar-refractivity contribution in [2.24, 2.45) is 5.92 Å². The molecule has 2 unspecified atom stereocenters. The van der Waals surface area contributed by atoms with Crippen LogP contribution < -0.4 is 5.32 Å². The molecular weight excluding hydrogens is 266 g/mol. The van der Waals surface area contributed by atoms with Crippen molar-refractivity contribution in [3.05, 3.63) is 34.3 Å². The molecule has 3 heteroatoms. The maximum atomic E-state index is 9.41. The number of hydrogen-bond acceptors (Lipinski definition) is 2. The number of rotatable bonds is 4. The van der Waals surface area contributed by atoms with Crippen molar-refractivity contribution < 1.29 is 5.11 Å². The molecule has 1 aliphatic carbocycles. The molecule has 1 aromatic carbocycles. The summed E-state index contributed by atoms with van der Waals surface area (Å²) in [6, 6.07) is 8.38. The molecule has 1 fully saturated rings. The molecule has 0 saturated heterocycles. The van der Waals surface area contributed by atoms with Crippen LogP contribution in [-0.2, 0) is 6.54 Å². The van der Waals surface area contributed by atoms with Gasteiger partial charge in [0.25, 0.3) is 0 Å². The Balaban J connectivity index is 1.70. The van der Waals surface area contributed by atoms with E-state index in [4.69, 9.17) is 0 Å². The maximum absolute atomic E-state index is 9.41. The minimum atomic E-state index is -0.0560. The van der Waals surface area contributed by atoms with Crippen molar-refractivity contribution >= 4 is 15.9 Å². The van der Waals surface area contributed by atoms with Gasteiger partial charge >= 0.3 is 0 Å². The topological polar surface area (TPSA) is 32.3 Å². The zero-order valence-electron chi connectivity index (χ0n) is 9.32. The van der Waals surface area contributed by atoms with E-state index in [-0.39, 0.29) is 6.10 Å². The van der Waals surface area contributed by atoms with Crippen molar-refractivity contribution in [3.8, 4) is 0 Å². The summed E-state index contributed by atoms with van der Waals surface area (Å²) in [6.07, 6.45) is 3.05. The highest BCUT2D eigenvalue weighted by Gasteiger charge is 2.21. The summed E-state index contributed by atoms with van der Waals surface area (Å²) in [7, 11) is 0. The normalized spacial score (nSPS) is 24.9. The summed E-state index contributed by atoms with van der Waals surface area (Å²) in [6.45, 7) is 1.94. The van der Waals surface area contributed by atoms with Crippen LogP contribution in [0.1, 0.15) is 24.8 Å². The Morgan fingerprint density at radius 1 is 1.25 bits per heavy atom. The monoisotopic (exact) mass is 283 g/mol. The van der Waals surface area contributed by atoms with E-state index in [1.807, 2.05) is 0 Å². The number of benzene rings is 1. The Labute approximate surface area is 105 Å². The van der Waals surface area contributed by atoms with Crippen LogP contribution in [0.2, 0.25) is 0 Å². The zero-order chi connectivity index (χ0) is 11.4. The van der Waals surface area contributed by atoms with E-state index in [1.165, 1.54) is 5.56 Å². The summed E-state index contributed by atoms with van der Waals surface area (Å²) in [4.78, 5) is 0. The fraction of sp³-hybridized carbons (Fsp3) is 0.538. The highest BCUT2D eigenvalue weighted by molar-refractivity contribution is 9.10. The lowest BCUT2D eigenvalue weighted by atomic mass is 10.1. The van der Waals surface area contributed by atoms with Crippen molar-refractivity contribution in [1.29, 1.82) is 0 Å². The van der Waals surface area contributed by atoms with Crippen LogP contribution in [-0.4, -0.2) is 17.8 Å². The van der Waals surface area contributed by atoms with Crippen LogP contribution in [0.5, 0.6) is 0 Å². The van der Waals surface area contributed by atoms with Gasteiger partial charge in [-0.3, -0.25) is 0 Å². The average molecular weight is 284 g/mol. The molecule has 1 aliphatic rings. The molecule has 0 bridgehead atoms. The molecular formula is C13H18BrNO. The van der Waals surface area contributed by atoms with Crippen molar-refractivity contribution in [1.82, 2.24) is 5.32 Å². The molecule has 2 nitrogen and oxygen atoms in total. The SMILES string of the molecule is OC1CCC(CNCc2ccc(Br)cc2)C1. The second-order valence-corrected chi connectivity index (χ2v) is 5.51. The second-order valence-electron chi connectivity index (χ2n) is 4.59. The van der Waals surface area contributed by atoms with E-state index in [0.717, 1.165) is 36.8 Å². The summed E-state index contributed by atoms with van der Waals surface area (Å²) in [5.41, 5.74) is 1.31. The van der Waals surface area contributed by atoms with E-state index >= 15 is 0 Å². The molecule has 0 heterocycles. The maximum Gasteiger partial charge on any atom is 0.0543 e. The number of halogens is 1. The molecule has 2 N–H and O–H groups in total. The lowest BCUT2D eigenvalue weighted by Crippen LogP contribution is -2.21. The minimum absolute atomic E-state index is 0.0560. The van der Waals surface area contributed by atoms with Gasteiger partial charge in [0.15, 0.2) is 0 Å². The third-order valence-electron chi connectivity index (χ3n) is 3.19. The third kappa shape index (κ3) is 3.58. The van der Waals surface area contributed by atoms with Gasteiger partial charge in [-0.15, -0.1) is 0 Å². The number of hydrogen-bond donors (Lipinski definition) is 2. The van der Waals surface area contributed by atoms with Crippen LogP contribution in [0.3, 0.4) is 0 Å². The smallest absolute Gasteiger partial charge is 0.0543 e. The lowest BCUT2D eigenvalue weighted by molar-refractivity contribution is 0.177. The van der Waals surface area contributed by atoms with Crippen LogP contribution in [0, 0.1) is 5.92 Å². The molecule has 0 amide bonds. The Bertz CT molecular complexity index is 325. The van der Waals surface area contributed by atoms with Gasteiger partial charge in [0, 0.05) is 11.0 Å². The average Bonchev–Trinajstić information content (AvgIpc) is 2.67. The Kier molecular flexibility index (Phi) is 4.38. The van der Waals surface area contributed by atoms with Gasteiger partial charge in [-0.2, -0.15) is 0 Å². The fourth-order valence-electron chi connectivity index (χ4n) is 2.26. The predicted molar refractivity (Wildman–Crippen MR) is 69.2 cm³/mol. The molecule has 0 aromatic heterocycles. The Morgan fingerprint density at radius 2 is 2.00 bits per heavy atom. The van der Waals surface area contributed by atoms with Crippen molar-refractivity contribution in [3.63, 3.8) is 0 Å². The second kappa shape index (κ2) is 5.80. The van der Waals surface area contributed by atoms with Gasteiger partial charge < -0.3 is 10.4 Å². The molecule has 16 heavy (non-hydrogen) atoms. The molecule has 0 aliphatic heterocycles. The first kappa shape index (κ1) is 12.1. The number of aliphatic hydroxyl groups excluding tert-OH is 1. The van der Waals surface area contributed by atoms with Crippen molar-refractivity contribution in [2.45, 2.75) is 31.9 Å². The van der Waals surface area contributed by atoms with E-state index in [2.05, 4.69) is 45.5 Å². The van der Waals surface area contributed by atoms with Gasteiger partial charge in [0.1, 0.15) is 0 Å². The van der Waals surface area contributed by atoms with Gasteiger partial charge in [0.2, 0.25) is 0 Å². The van der Waals surface area contributed by atoms with Gasteiger partial charge in [-0.1, -0.05) is 28.1 Å². The molecule has 1 saturated carbocycles. The standard InChI is InChI=1S/C13H18BrNO/c14-12-4-1-10(2-5-12)8-15-9-11-3-6-13(16)7-11/h1-2,4-5,11,13,15-16H,3,6-9H2. The summed E-state index contributed by atoms with van der Waals surface area (Å²) in [5.74, 6) is 0.658. The quantitative estimate of drug-likeness (QED) is 0.891. The highest BCUT2D eigenvalue weighted by Crippen LogP contribution is 2.24.